The summed E-state index contributed by atoms with van der Waals surface area (Å²) >= 11 is 3.37. The predicted molar refractivity (Wildman–Crippen MR) is 69.0 cm³/mol. The number of allylic oxidation sites excluding steroid dienone is 1. The Bertz CT molecular complexity index is 569. The van der Waals surface area contributed by atoms with Gasteiger partial charge in [0.25, 0.3) is 0 Å². The zero-order valence-electron chi connectivity index (χ0n) is 9.27. The number of carbonyl (C=O) groups excluding carboxylic acids is 1. The highest BCUT2D eigenvalue weighted by molar-refractivity contribution is 9.10. The molecule has 3 nitrogen and oxygen atoms in total. The number of halogens is 1. The highest BCUT2D eigenvalue weighted by Gasteiger charge is 2.09. The predicted octanol–water partition coefficient (Wildman–Crippen LogP) is 3.93. The molecule has 17 heavy (non-hydrogen) atoms. The topological polar surface area (TPSA) is 39.4 Å². The summed E-state index contributed by atoms with van der Waals surface area (Å²) in [7, 11) is 0. The van der Waals surface area contributed by atoms with Crippen LogP contribution in [0.3, 0.4) is 0 Å². The Hall–Kier alpha value is -1.55. The molecule has 1 aromatic heterocycles. The van der Waals surface area contributed by atoms with Gasteiger partial charge in [-0.2, -0.15) is 0 Å². The fraction of sp³-hybridized carbons (Fsp3) is 0.154. The molecule has 0 fully saturated rings. The molecule has 1 aromatic carbocycles. The molecule has 0 aliphatic heterocycles. The van der Waals surface area contributed by atoms with Crippen LogP contribution in [0.2, 0.25) is 0 Å². The van der Waals surface area contributed by atoms with E-state index in [9.17, 15) is 4.79 Å². The molecular weight excluding hydrogens is 284 g/mol. The second kappa shape index (κ2) is 5.19. The molecule has 0 saturated carbocycles. The molecule has 2 aromatic rings. The van der Waals surface area contributed by atoms with Crippen LogP contribution in [0.15, 0.2) is 45.5 Å². The van der Waals surface area contributed by atoms with Crippen LogP contribution in [0.5, 0.6) is 0 Å². The number of benzene rings is 1. The maximum absolute atomic E-state index is 11.7. The summed E-state index contributed by atoms with van der Waals surface area (Å²) < 4.78 is 11.4. The van der Waals surface area contributed by atoms with Gasteiger partial charge in [0.1, 0.15) is 5.58 Å². The van der Waals surface area contributed by atoms with Crippen LogP contribution in [-0.4, -0.2) is 12.4 Å². The van der Waals surface area contributed by atoms with Crippen molar-refractivity contribution in [3.63, 3.8) is 0 Å². The molecule has 0 aliphatic rings. The van der Waals surface area contributed by atoms with E-state index in [0.29, 0.717) is 18.0 Å². The van der Waals surface area contributed by atoms with Crippen LogP contribution < -0.4 is 0 Å². The minimum absolute atomic E-state index is 0.203. The Morgan fingerprint density at radius 3 is 3.06 bits per heavy atom. The van der Waals surface area contributed by atoms with Crippen molar-refractivity contribution < 1.29 is 13.9 Å². The van der Waals surface area contributed by atoms with E-state index in [-0.39, 0.29) is 5.78 Å². The summed E-state index contributed by atoms with van der Waals surface area (Å²) in [5.74, 6) is 0.111. The maximum atomic E-state index is 11.7. The van der Waals surface area contributed by atoms with Gasteiger partial charge in [-0.3, -0.25) is 4.79 Å². The molecule has 0 spiro atoms. The van der Waals surface area contributed by atoms with Gasteiger partial charge >= 0.3 is 0 Å². The lowest BCUT2D eigenvalue weighted by atomic mass is 10.2. The first-order valence-corrected chi connectivity index (χ1v) is 6.01. The van der Waals surface area contributed by atoms with Gasteiger partial charge in [-0.05, 0) is 31.2 Å². The van der Waals surface area contributed by atoms with E-state index in [1.807, 2.05) is 25.1 Å². The number of rotatable bonds is 4. The molecule has 0 N–H and O–H groups in total. The fourth-order valence-corrected chi connectivity index (χ4v) is 1.80. The van der Waals surface area contributed by atoms with Crippen LogP contribution in [0.4, 0.5) is 0 Å². The van der Waals surface area contributed by atoms with Crippen LogP contribution in [0.25, 0.3) is 11.0 Å². The Balaban J connectivity index is 2.27. The number of carbonyl (C=O) groups is 1. The van der Waals surface area contributed by atoms with Gasteiger partial charge in [0, 0.05) is 15.9 Å². The van der Waals surface area contributed by atoms with Crippen molar-refractivity contribution in [2.75, 3.05) is 6.61 Å². The average Bonchev–Trinajstić information content (AvgIpc) is 2.72. The molecule has 0 unspecified atom stereocenters. The van der Waals surface area contributed by atoms with Crippen molar-refractivity contribution in [1.29, 1.82) is 0 Å². The third kappa shape index (κ3) is 2.77. The Morgan fingerprint density at radius 1 is 1.47 bits per heavy atom. The number of hydrogen-bond acceptors (Lipinski definition) is 3. The molecule has 0 bridgehead atoms. The van der Waals surface area contributed by atoms with Gasteiger partial charge in [-0.25, -0.2) is 0 Å². The molecule has 0 saturated heterocycles. The SMILES string of the molecule is CCOC=CC(=O)c1cc2cc(Br)ccc2o1. The largest absolute Gasteiger partial charge is 0.501 e. The molecule has 88 valence electrons. The van der Waals surface area contributed by atoms with E-state index >= 15 is 0 Å². The zero-order chi connectivity index (χ0) is 12.3. The number of hydrogen-bond donors (Lipinski definition) is 0. The number of fused-ring (bicyclic) bond motifs is 1. The number of furan rings is 1. The van der Waals surface area contributed by atoms with Crippen molar-refractivity contribution in [2.45, 2.75) is 6.92 Å². The second-order valence-corrected chi connectivity index (χ2v) is 4.33. The Kier molecular flexibility index (Phi) is 3.64. The minimum Gasteiger partial charge on any atom is -0.501 e. The van der Waals surface area contributed by atoms with Gasteiger partial charge < -0.3 is 9.15 Å². The minimum atomic E-state index is -0.203. The zero-order valence-corrected chi connectivity index (χ0v) is 10.9. The lowest BCUT2D eigenvalue weighted by molar-refractivity contribution is 0.102. The average molecular weight is 295 g/mol. The smallest absolute Gasteiger partial charge is 0.224 e. The number of ketones is 1. The molecule has 4 heteroatoms. The lowest BCUT2D eigenvalue weighted by Gasteiger charge is -1.91. The van der Waals surface area contributed by atoms with Crippen molar-refractivity contribution >= 4 is 32.7 Å². The third-order valence-electron chi connectivity index (χ3n) is 2.20. The normalized spacial score (nSPS) is 11.2. The standard InChI is InChI=1S/C13H11BrO3/c1-2-16-6-5-11(15)13-8-9-7-10(14)3-4-12(9)17-13/h3-8H,2H2,1H3. The van der Waals surface area contributed by atoms with Gasteiger partial charge in [-0.15, -0.1) is 0 Å². The fourth-order valence-electron chi connectivity index (χ4n) is 1.42. The summed E-state index contributed by atoms with van der Waals surface area (Å²) in [6.07, 6.45) is 2.74. The molecule has 0 radical (unpaired) electrons. The molecule has 2 rings (SSSR count). The Labute approximate surface area is 107 Å². The summed E-state index contributed by atoms with van der Waals surface area (Å²) in [5, 5.41) is 0.896. The highest BCUT2D eigenvalue weighted by atomic mass is 79.9. The summed E-state index contributed by atoms with van der Waals surface area (Å²) in [4.78, 5) is 11.7. The van der Waals surface area contributed by atoms with Crippen LogP contribution in [-0.2, 0) is 4.74 Å². The summed E-state index contributed by atoms with van der Waals surface area (Å²) in [6.45, 7) is 2.39. The van der Waals surface area contributed by atoms with E-state index in [4.69, 9.17) is 9.15 Å². The molecular formula is C13H11BrO3. The van der Waals surface area contributed by atoms with Crippen LogP contribution in [0.1, 0.15) is 17.5 Å². The molecule has 0 atom stereocenters. The van der Waals surface area contributed by atoms with Crippen molar-refractivity contribution in [2.24, 2.45) is 0 Å². The van der Waals surface area contributed by atoms with E-state index in [0.717, 1.165) is 9.86 Å². The van der Waals surface area contributed by atoms with Gasteiger partial charge in [0.15, 0.2) is 5.76 Å². The van der Waals surface area contributed by atoms with Crippen LogP contribution in [0, 0.1) is 0 Å². The summed E-state index contributed by atoms with van der Waals surface area (Å²) in [6, 6.07) is 7.32. The van der Waals surface area contributed by atoms with Gasteiger partial charge in [0.05, 0.1) is 12.9 Å². The quantitative estimate of drug-likeness (QED) is 0.487. The van der Waals surface area contributed by atoms with E-state index in [2.05, 4.69) is 15.9 Å². The molecule has 0 aliphatic carbocycles. The maximum Gasteiger partial charge on any atom is 0.224 e. The molecule has 0 amide bonds. The molecule has 1 heterocycles. The first kappa shape index (κ1) is 11.9. The highest BCUT2D eigenvalue weighted by Crippen LogP contribution is 2.23. The summed E-state index contributed by atoms with van der Waals surface area (Å²) in [5.41, 5.74) is 0.696. The first-order valence-electron chi connectivity index (χ1n) is 5.22. The third-order valence-corrected chi connectivity index (χ3v) is 2.70. The van der Waals surface area contributed by atoms with Gasteiger partial charge in [-0.1, -0.05) is 15.9 Å². The van der Waals surface area contributed by atoms with Crippen LogP contribution >= 0.6 is 15.9 Å². The Morgan fingerprint density at radius 2 is 2.29 bits per heavy atom. The van der Waals surface area contributed by atoms with Crippen molar-refractivity contribution in [3.05, 3.63) is 46.8 Å². The monoisotopic (exact) mass is 294 g/mol. The van der Waals surface area contributed by atoms with Crippen molar-refractivity contribution in [1.82, 2.24) is 0 Å². The van der Waals surface area contributed by atoms with Gasteiger partial charge in [0.2, 0.25) is 5.78 Å². The van der Waals surface area contributed by atoms with E-state index < -0.39 is 0 Å². The second-order valence-electron chi connectivity index (χ2n) is 3.42. The van der Waals surface area contributed by atoms with Crippen molar-refractivity contribution in [3.8, 4) is 0 Å². The lowest BCUT2D eigenvalue weighted by Crippen LogP contribution is -1.91. The number of ether oxygens (including phenoxy) is 1. The van der Waals surface area contributed by atoms with E-state index in [1.54, 1.807) is 6.07 Å². The first-order chi connectivity index (χ1) is 8.20. The van der Waals surface area contributed by atoms with E-state index in [1.165, 1.54) is 12.3 Å².